The molecule has 1 aromatic heterocycles. The molecule has 5 N–H and O–H groups in total. The van der Waals surface area contributed by atoms with Gasteiger partial charge in [-0.25, -0.2) is 9.78 Å². The molecule has 1 fully saturated rings. The zero-order valence-corrected chi connectivity index (χ0v) is 15.6. The maximum absolute atomic E-state index is 13.6. The van der Waals surface area contributed by atoms with Gasteiger partial charge in [-0.3, -0.25) is 0 Å². The largest absolute Gasteiger partial charge is 0.477 e. The first-order valence-electron chi connectivity index (χ1n) is 8.91. The van der Waals surface area contributed by atoms with Crippen molar-refractivity contribution in [2.24, 2.45) is 0 Å². The van der Waals surface area contributed by atoms with Crippen molar-refractivity contribution in [3.63, 3.8) is 0 Å². The van der Waals surface area contributed by atoms with Gasteiger partial charge in [0.15, 0.2) is 0 Å². The molecule has 2 aromatic rings. The third kappa shape index (κ3) is 4.78. The van der Waals surface area contributed by atoms with Crippen LogP contribution in [0.2, 0.25) is 0 Å². The number of hydrogen-bond acceptors (Lipinski definition) is 8. The number of carboxylic acid groups (broad SMARTS) is 1. The third-order valence-electron chi connectivity index (χ3n) is 4.69. The lowest BCUT2D eigenvalue weighted by atomic mass is 9.99. The number of ether oxygens (including phenoxy) is 2. The maximum Gasteiger partial charge on any atom is 0.419 e. The standard InChI is InChI=1S/C19H18F3NO8/c20-19(21,22)10-5-8(9-1-3-11(17(28)29)23-6-9)2-4-12(10)30-18-16(27)15(26)14(25)13(7-24)31-18/h1-6,13-16,18,24-27H,7H2,(H,28,29)/t13-,14-,15+,16+,18+/m1/s1. The number of halogens is 3. The van der Waals surface area contributed by atoms with Crippen molar-refractivity contribution >= 4 is 5.97 Å². The Hall–Kier alpha value is -2.77. The first-order valence-corrected chi connectivity index (χ1v) is 8.91. The maximum atomic E-state index is 13.6. The first kappa shape index (κ1) is 22.9. The zero-order valence-electron chi connectivity index (χ0n) is 15.6. The Balaban J connectivity index is 1.93. The van der Waals surface area contributed by atoms with Crippen molar-refractivity contribution in [1.29, 1.82) is 0 Å². The summed E-state index contributed by atoms with van der Waals surface area (Å²) in [4.78, 5) is 14.5. The molecular formula is C19H18F3NO8. The lowest BCUT2D eigenvalue weighted by Crippen LogP contribution is -2.60. The molecule has 9 nitrogen and oxygen atoms in total. The van der Waals surface area contributed by atoms with E-state index in [1.54, 1.807) is 0 Å². The van der Waals surface area contributed by atoms with Gasteiger partial charge in [-0.1, -0.05) is 12.1 Å². The van der Waals surface area contributed by atoms with Gasteiger partial charge in [0.25, 0.3) is 0 Å². The third-order valence-corrected chi connectivity index (χ3v) is 4.69. The van der Waals surface area contributed by atoms with Crippen LogP contribution in [0.25, 0.3) is 11.1 Å². The minimum Gasteiger partial charge on any atom is -0.477 e. The number of carbonyl (C=O) groups is 1. The number of aliphatic hydroxyl groups excluding tert-OH is 4. The van der Waals surface area contributed by atoms with E-state index in [1.807, 2.05) is 0 Å². The fraction of sp³-hybridized carbons (Fsp3) is 0.368. The molecule has 5 atom stereocenters. The average Bonchev–Trinajstić information content (AvgIpc) is 2.73. The molecule has 1 aromatic carbocycles. The minimum atomic E-state index is -4.88. The second-order valence-corrected chi connectivity index (χ2v) is 6.76. The van der Waals surface area contributed by atoms with Gasteiger partial charge in [-0.15, -0.1) is 0 Å². The average molecular weight is 445 g/mol. The molecule has 168 valence electrons. The lowest BCUT2D eigenvalue weighted by molar-refractivity contribution is -0.278. The van der Waals surface area contributed by atoms with Gasteiger partial charge in [0.05, 0.1) is 12.2 Å². The number of aromatic carboxylic acids is 1. The fourth-order valence-electron chi connectivity index (χ4n) is 3.01. The Morgan fingerprint density at radius 3 is 2.29 bits per heavy atom. The number of hydrogen-bond donors (Lipinski definition) is 5. The number of carboxylic acids is 1. The van der Waals surface area contributed by atoms with Crippen LogP contribution >= 0.6 is 0 Å². The number of nitrogens with zero attached hydrogens (tertiary/aromatic N) is 1. The van der Waals surface area contributed by atoms with Crippen molar-refractivity contribution in [2.75, 3.05) is 6.61 Å². The van der Waals surface area contributed by atoms with Crippen LogP contribution in [0.5, 0.6) is 5.75 Å². The summed E-state index contributed by atoms with van der Waals surface area (Å²) in [6.45, 7) is -0.769. The number of rotatable bonds is 5. The van der Waals surface area contributed by atoms with Crippen LogP contribution in [0.3, 0.4) is 0 Å². The molecule has 31 heavy (non-hydrogen) atoms. The minimum absolute atomic E-state index is 0.0675. The molecule has 1 aliphatic rings. The van der Waals surface area contributed by atoms with Crippen LogP contribution in [-0.2, 0) is 10.9 Å². The molecule has 0 saturated carbocycles. The van der Waals surface area contributed by atoms with E-state index in [2.05, 4.69) is 4.98 Å². The van der Waals surface area contributed by atoms with Crippen molar-refractivity contribution in [1.82, 2.24) is 4.98 Å². The summed E-state index contributed by atoms with van der Waals surface area (Å²) >= 11 is 0. The number of pyridine rings is 1. The Bertz CT molecular complexity index is 935. The topological polar surface area (TPSA) is 150 Å². The van der Waals surface area contributed by atoms with Gasteiger partial charge in [0, 0.05) is 11.8 Å². The quantitative estimate of drug-likeness (QED) is 0.447. The molecule has 0 aliphatic carbocycles. The highest BCUT2D eigenvalue weighted by Gasteiger charge is 2.45. The lowest BCUT2D eigenvalue weighted by Gasteiger charge is -2.39. The molecule has 0 bridgehead atoms. The Labute approximate surface area is 172 Å². The van der Waals surface area contributed by atoms with Gasteiger partial charge in [-0.2, -0.15) is 13.2 Å². The number of aromatic nitrogens is 1. The van der Waals surface area contributed by atoms with Crippen molar-refractivity contribution in [3.8, 4) is 16.9 Å². The van der Waals surface area contributed by atoms with Crippen molar-refractivity contribution in [3.05, 3.63) is 47.8 Å². The van der Waals surface area contributed by atoms with Crippen LogP contribution in [0, 0.1) is 0 Å². The van der Waals surface area contributed by atoms with Gasteiger partial charge < -0.3 is 35.0 Å². The highest BCUT2D eigenvalue weighted by atomic mass is 19.4. The zero-order chi connectivity index (χ0) is 22.9. The van der Waals surface area contributed by atoms with E-state index in [0.29, 0.717) is 0 Å². The molecule has 3 rings (SSSR count). The molecular weight excluding hydrogens is 427 g/mol. The van der Waals surface area contributed by atoms with E-state index >= 15 is 0 Å². The van der Waals surface area contributed by atoms with Gasteiger partial charge in [0.1, 0.15) is 35.9 Å². The molecule has 1 saturated heterocycles. The monoisotopic (exact) mass is 445 g/mol. The highest BCUT2D eigenvalue weighted by Crippen LogP contribution is 2.40. The van der Waals surface area contributed by atoms with Crippen LogP contribution in [0.15, 0.2) is 36.5 Å². The molecule has 1 aliphatic heterocycles. The smallest absolute Gasteiger partial charge is 0.419 e. The summed E-state index contributed by atoms with van der Waals surface area (Å²) in [5.74, 6) is -2.01. The fourth-order valence-corrected chi connectivity index (χ4v) is 3.01. The summed E-state index contributed by atoms with van der Waals surface area (Å²) in [5.41, 5.74) is -1.22. The van der Waals surface area contributed by atoms with E-state index < -0.39 is 60.8 Å². The normalized spacial score (nSPS) is 26.5. The predicted octanol–water partition coefficient (Wildman–Crippen LogP) is 0.644. The van der Waals surface area contributed by atoms with E-state index in [4.69, 9.17) is 14.6 Å². The summed E-state index contributed by atoms with van der Waals surface area (Å²) in [6.07, 6.45) is -12.3. The summed E-state index contributed by atoms with van der Waals surface area (Å²) in [5, 5.41) is 47.6. The predicted molar refractivity (Wildman–Crippen MR) is 96.0 cm³/mol. The summed E-state index contributed by atoms with van der Waals surface area (Å²) < 4.78 is 51.2. The van der Waals surface area contributed by atoms with Crippen LogP contribution < -0.4 is 4.74 Å². The summed E-state index contributed by atoms with van der Waals surface area (Å²) in [6, 6.07) is 5.40. The molecule has 0 spiro atoms. The molecule has 0 amide bonds. The van der Waals surface area contributed by atoms with Gasteiger partial charge in [0.2, 0.25) is 6.29 Å². The Morgan fingerprint density at radius 2 is 1.74 bits per heavy atom. The Morgan fingerprint density at radius 1 is 1.06 bits per heavy atom. The van der Waals surface area contributed by atoms with Crippen LogP contribution in [-0.4, -0.2) is 73.8 Å². The molecule has 0 unspecified atom stereocenters. The Kier molecular flexibility index (Phi) is 6.48. The van der Waals surface area contributed by atoms with Crippen LogP contribution in [0.4, 0.5) is 13.2 Å². The summed E-state index contributed by atoms with van der Waals surface area (Å²) in [7, 11) is 0. The number of alkyl halides is 3. The van der Waals surface area contributed by atoms with Crippen molar-refractivity contribution < 1.29 is 53.0 Å². The SMILES string of the molecule is O=C(O)c1ccc(-c2ccc(O[C@H]3O[C@H](CO)[C@@H](O)[C@H](O)[C@@H]3O)c(C(F)(F)F)c2)cn1. The van der Waals surface area contributed by atoms with E-state index in [0.717, 1.165) is 24.4 Å². The highest BCUT2D eigenvalue weighted by molar-refractivity contribution is 5.85. The van der Waals surface area contributed by atoms with E-state index in [-0.39, 0.29) is 16.8 Å². The van der Waals surface area contributed by atoms with E-state index in [9.17, 15) is 38.4 Å². The van der Waals surface area contributed by atoms with Gasteiger partial charge >= 0.3 is 12.1 Å². The second-order valence-electron chi connectivity index (χ2n) is 6.76. The van der Waals surface area contributed by atoms with Crippen LogP contribution in [0.1, 0.15) is 16.1 Å². The molecule has 0 radical (unpaired) electrons. The number of aliphatic hydroxyl groups is 4. The molecule has 2 heterocycles. The second kappa shape index (κ2) is 8.77. The van der Waals surface area contributed by atoms with Crippen molar-refractivity contribution in [2.45, 2.75) is 36.9 Å². The molecule has 12 heteroatoms. The first-order chi connectivity index (χ1) is 14.5. The number of benzene rings is 1. The van der Waals surface area contributed by atoms with E-state index in [1.165, 1.54) is 12.1 Å². The van der Waals surface area contributed by atoms with Gasteiger partial charge in [-0.05, 0) is 23.8 Å².